The number of carbonyl (C=O) groups is 2. The van der Waals surface area contributed by atoms with Gasteiger partial charge in [-0.15, -0.1) is 0 Å². The molecular weight excluding hydrogens is 628 g/mol. The smallest absolute Gasteiger partial charge is 0.264 e. The van der Waals surface area contributed by atoms with Crippen molar-refractivity contribution in [3.63, 3.8) is 0 Å². The van der Waals surface area contributed by atoms with Crippen LogP contribution in [0.25, 0.3) is 0 Å². The van der Waals surface area contributed by atoms with Crippen molar-refractivity contribution in [3.8, 4) is 34.5 Å². The van der Waals surface area contributed by atoms with Crippen molar-refractivity contribution in [2.45, 2.75) is 51.3 Å². The molecule has 2 amide bonds. The summed E-state index contributed by atoms with van der Waals surface area (Å²) in [5.74, 6) is 3.54. The molecule has 7 aliphatic rings. The van der Waals surface area contributed by atoms with Crippen LogP contribution in [-0.4, -0.2) is 67.9 Å². The lowest BCUT2D eigenvalue weighted by molar-refractivity contribution is -0.141. The highest BCUT2D eigenvalue weighted by Crippen LogP contribution is 2.38. The van der Waals surface area contributed by atoms with E-state index >= 15 is 0 Å². The number of likely N-dealkylation sites (tertiary alicyclic amines) is 1. The molecule has 0 radical (unpaired) electrons. The van der Waals surface area contributed by atoms with Gasteiger partial charge < -0.3 is 38.8 Å². The van der Waals surface area contributed by atoms with Gasteiger partial charge in [0.2, 0.25) is 0 Å². The maximum Gasteiger partial charge on any atom is 0.264 e. The average molecular weight is 671 g/mol. The topological polar surface area (TPSA) is 134 Å². The number of aromatic nitrogens is 1. The van der Waals surface area contributed by atoms with Gasteiger partial charge >= 0.3 is 0 Å². The van der Waals surface area contributed by atoms with Gasteiger partial charge in [-0.1, -0.05) is 25.1 Å². The quantitative estimate of drug-likeness (QED) is 0.282. The third-order valence-electron chi connectivity index (χ3n) is 8.73. The van der Waals surface area contributed by atoms with Gasteiger partial charge in [0.05, 0.1) is 26.5 Å². The first-order chi connectivity index (χ1) is 23.7. The van der Waals surface area contributed by atoms with Crippen molar-refractivity contribution in [1.82, 2.24) is 20.7 Å². The Bertz CT molecular complexity index is 1760. The first-order valence-electron chi connectivity index (χ1n) is 16.4. The number of nitrogens with one attached hydrogen (secondary N) is 2. The molecule has 12 nitrogen and oxygen atoms in total. The molecule has 1 saturated heterocycles. The van der Waals surface area contributed by atoms with Crippen molar-refractivity contribution in [2.75, 3.05) is 40.5 Å². The van der Waals surface area contributed by atoms with Gasteiger partial charge in [-0.2, -0.15) is 0 Å². The van der Waals surface area contributed by atoms with E-state index in [0.717, 1.165) is 17.0 Å². The van der Waals surface area contributed by atoms with Gasteiger partial charge in [-0.05, 0) is 60.2 Å². The molecule has 2 N–H and O–H groups in total. The third kappa shape index (κ3) is 7.92. The zero-order valence-electron chi connectivity index (χ0n) is 28.2. The third-order valence-corrected chi connectivity index (χ3v) is 8.73. The van der Waals surface area contributed by atoms with E-state index in [9.17, 15) is 9.59 Å². The number of rotatable bonds is 5. The van der Waals surface area contributed by atoms with Crippen LogP contribution in [0, 0.1) is 0 Å². The molecule has 49 heavy (non-hydrogen) atoms. The molecule has 4 aromatic rings. The van der Waals surface area contributed by atoms with Crippen LogP contribution < -0.4 is 34.3 Å². The molecule has 8 heterocycles. The van der Waals surface area contributed by atoms with Gasteiger partial charge in [0.1, 0.15) is 23.9 Å². The Balaban J connectivity index is 1.24. The van der Waals surface area contributed by atoms with Crippen molar-refractivity contribution >= 4 is 11.8 Å². The van der Waals surface area contributed by atoms with Crippen molar-refractivity contribution in [2.24, 2.45) is 0 Å². The Labute approximate surface area is 285 Å². The predicted molar refractivity (Wildman–Crippen MR) is 181 cm³/mol. The van der Waals surface area contributed by atoms with Crippen LogP contribution in [0.3, 0.4) is 0 Å². The van der Waals surface area contributed by atoms with Crippen LogP contribution in [0.5, 0.6) is 34.5 Å². The summed E-state index contributed by atoms with van der Waals surface area (Å²) in [6, 6.07) is 19.6. The molecule has 0 atom stereocenters. The number of ether oxygens (including phenoxy) is 5. The first-order valence-corrected chi connectivity index (χ1v) is 16.4. The van der Waals surface area contributed by atoms with Crippen LogP contribution in [0.4, 0.5) is 0 Å². The fraction of sp³-hybridized carbons (Fsp3) is 0.378. The number of nitrogens with zero attached hydrogens (tertiary/aromatic N) is 2. The van der Waals surface area contributed by atoms with Crippen molar-refractivity contribution in [1.29, 1.82) is 0 Å². The van der Waals surface area contributed by atoms with Crippen LogP contribution in [-0.2, 0) is 17.9 Å². The van der Waals surface area contributed by atoms with Crippen LogP contribution in [0.1, 0.15) is 60.0 Å². The van der Waals surface area contributed by atoms with Gasteiger partial charge in [0.25, 0.3) is 11.8 Å². The molecule has 258 valence electrons. The number of hydrogen-bond acceptors (Lipinski definition) is 10. The van der Waals surface area contributed by atoms with Crippen molar-refractivity contribution < 1.29 is 37.8 Å². The van der Waals surface area contributed by atoms with Gasteiger partial charge in [-0.25, -0.2) is 0 Å². The maximum atomic E-state index is 14.0. The highest BCUT2D eigenvalue weighted by molar-refractivity contribution is 5.94. The zero-order chi connectivity index (χ0) is 34.4. The van der Waals surface area contributed by atoms with E-state index in [0.29, 0.717) is 72.5 Å². The number of piperidine rings is 1. The average Bonchev–Trinajstić information content (AvgIpc) is 3.59. The molecule has 1 spiro atoms. The Kier molecular flexibility index (Phi) is 10.2. The standard InChI is InChI=1S/C37H42N4O8/c1-24(2)32-21-27(40-49-32)23-41-16-13-37(14-17-41)36(43)39-22-25-5-11-30(33(19-25)44-3)47-31-12-6-26(20-34(31)45-4)35(42)38-15-18-46-28-7-9-29(48-37)10-8-28/h5-12,19-21,24H,13-18,22-23H2,1-4H3,(H,38,42)(H,39,43). The molecule has 7 aliphatic heterocycles. The highest BCUT2D eigenvalue weighted by atomic mass is 16.5. The minimum absolute atomic E-state index is 0.200. The molecular formula is C37H42N4O8. The second-order valence-corrected chi connectivity index (χ2v) is 12.5. The lowest BCUT2D eigenvalue weighted by atomic mass is 9.89. The van der Waals surface area contributed by atoms with E-state index in [2.05, 4.69) is 34.5 Å². The highest BCUT2D eigenvalue weighted by Gasteiger charge is 2.44. The summed E-state index contributed by atoms with van der Waals surface area (Å²) >= 11 is 0. The van der Waals surface area contributed by atoms with Crippen LogP contribution in [0.2, 0.25) is 0 Å². The fourth-order valence-corrected chi connectivity index (χ4v) is 5.88. The minimum Gasteiger partial charge on any atom is -0.493 e. The summed E-state index contributed by atoms with van der Waals surface area (Å²) < 4.78 is 35.2. The van der Waals surface area contributed by atoms with E-state index in [1.165, 1.54) is 7.11 Å². The number of hydrogen-bond donors (Lipinski definition) is 2. The van der Waals surface area contributed by atoms with Crippen LogP contribution >= 0.6 is 0 Å². The summed E-state index contributed by atoms with van der Waals surface area (Å²) in [7, 11) is 3.06. The van der Waals surface area contributed by atoms with Crippen LogP contribution in [0.15, 0.2) is 71.3 Å². The van der Waals surface area contributed by atoms with E-state index in [-0.39, 0.29) is 37.4 Å². The summed E-state index contributed by atoms with van der Waals surface area (Å²) in [5, 5.41) is 10.2. The van der Waals surface area contributed by atoms with Crippen molar-refractivity contribution in [3.05, 3.63) is 89.3 Å². The molecule has 0 saturated carbocycles. The van der Waals surface area contributed by atoms with Gasteiger partial charge in [0, 0.05) is 56.6 Å². The number of amides is 2. The van der Waals surface area contributed by atoms with E-state index < -0.39 is 5.60 Å². The number of carbonyl (C=O) groups excluding carboxylic acids is 2. The minimum atomic E-state index is -1.10. The SMILES string of the molecule is COc1cc2ccc1Oc1ccc(cc1OC)C(=O)NCCOc1ccc(cc1)OC1(CCN(Cc3cc(C(C)C)on3)CC1)C(=O)NC2. The lowest BCUT2D eigenvalue weighted by Crippen LogP contribution is -2.57. The summed E-state index contributed by atoms with van der Waals surface area (Å²) in [6.45, 7) is 6.83. The molecule has 1 fully saturated rings. The molecule has 6 bridgehead atoms. The molecule has 0 aliphatic carbocycles. The predicted octanol–water partition coefficient (Wildman–Crippen LogP) is 5.46. The summed E-state index contributed by atoms with van der Waals surface area (Å²) in [4.78, 5) is 29.2. The molecule has 0 unspecified atom stereocenters. The Hall–Kier alpha value is -5.23. The number of benzene rings is 3. The fourth-order valence-electron chi connectivity index (χ4n) is 5.88. The molecule has 11 rings (SSSR count). The molecule has 12 heteroatoms. The van der Waals surface area contributed by atoms with E-state index in [1.54, 1.807) is 55.6 Å². The normalized spacial score (nSPS) is 16.8. The Morgan fingerprint density at radius 2 is 1.57 bits per heavy atom. The Morgan fingerprint density at radius 1 is 0.878 bits per heavy atom. The first kappa shape index (κ1) is 33.7. The second kappa shape index (κ2) is 14.9. The Morgan fingerprint density at radius 3 is 2.27 bits per heavy atom. The molecule has 1 aromatic heterocycles. The zero-order valence-corrected chi connectivity index (χ0v) is 28.2. The maximum absolute atomic E-state index is 14.0. The van der Waals surface area contributed by atoms with Gasteiger partial charge in [0.15, 0.2) is 28.6 Å². The lowest BCUT2D eigenvalue weighted by Gasteiger charge is -2.40. The number of methoxy groups -OCH3 is 2. The van der Waals surface area contributed by atoms with E-state index in [4.69, 9.17) is 28.2 Å². The summed E-state index contributed by atoms with van der Waals surface area (Å²) in [5.41, 5.74) is 1.01. The molecule has 3 aromatic carbocycles. The van der Waals surface area contributed by atoms with Gasteiger partial charge in [-0.3, -0.25) is 14.5 Å². The monoisotopic (exact) mass is 670 g/mol. The summed E-state index contributed by atoms with van der Waals surface area (Å²) in [6.07, 6.45) is 0.949. The largest absolute Gasteiger partial charge is 0.493 e. The van der Waals surface area contributed by atoms with E-state index in [1.807, 2.05) is 18.2 Å². The second-order valence-electron chi connectivity index (χ2n) is 12.5.